The zero-order valence-electron chi connectivity index (χ0n) is 14.4. The lowest BCUT2D eigenvalue weighted by molar-refractivity contribution is 0.150. The average Bonchev–Trinajstić information content (AvgIpc) is 3.02. The van der Waals surface area contributed by atoms with Crippen LogP contribution in [-0.4, -0.2) is 28.2 Å². The number of ether oxygens (including phenoxy) is 1. The first-order valence-corrected chi connectivity index (χ1v) is 9.19. The van der Waals surface area contributed by atoms with Crippen LogP contribution in [0.2, 0.25) is 10.0 Å². The van der Waals surface area contributed by atoms with Crippen molar-refractivity contribution in [1.82, 2.24) is 9.78 Å². The Bertz CT molecular complexity index is 1070. The first-order chi connectivity index (χ1) is 13.1. The predicted octanol–water partition coefficient (Wildman–Crippen LogP) is 5.21. The minimum absolute atomic E-state index is 0.282. The van der Waals surface area contributed by atoms with Crippen LogP contribution in [0.25, 0.3) is 11.3 Å². The van der Waals surface area contributed by atoms with E-state index in [1.54, 1.807) is 19.2 Å². The number of hydrogen-bond donors (Lipinski definition) is 0. The number of aromatic nitrogens is 2. The molecule has 7 heteroatoms. The SMILES string of the molecule is CCOC(=O)n1cc2c(n1)-c1ccc(Cl)cc1C(c1ccccc1Cl)=NC2. The van der Waals surface area contributed by atoms with Crippen LogP contribution in [0.3, 0.4) is 0 Å². The third kappa shape index (κ3) is 3.24. The highest BCUT2D eigenvalue weighted by molar-refractivity contribution is 6.36. The van der Waals surface area contributed by atoms with Crippen LogP contribution >= 0.6 is 23.2 Å². The van der Waals surface area contributed by atoms with Crippen LogP contribution in [0.5, 0.6) is 0 Å². The van der Waals surface area contributed by atoms with Gasteiger partial charge in [-0.3, -0.25) is 4.99 Å². The zero-order chi connectivity index (χ0) is 19.0. The fourth-order valence-corrected chi connectivity index (χ4v) is 3.48. The van der Waals surface area contributed by atoms with E-state index in [-0.39, 0.29) is 6.61 Å². The molecule has 5 nitrogen and oxygen atoms in total. The van der Waals surface area contributed by atoms with E-state index >= 15 is 0 Å². The lowest BCUT2D eigenvalue weighted by Gasteiger charge is -2.12. The van der Waals surface area contributed by atoms with Crippen LogP contribution in [0.4, 0.5) is 4.79 Å². The number of nitrogens with zero attached hydrogens (tertiary/aromatic N) is 3. The van der Waals surface area contributed by atoms with Gasteiger partial charge in [0.05, 0.1) is 24.6 Å². The molecule has 0 radical (unpaired) electrons. The molecule has 0 unspecified atom stereocenters. The molecule has 2 aromatic carbocycles. The summed E-state index contributed by atoms with van der Waals surface area (Å²) in [6.07, 6.45) is 1.14. The van der Waals surface area contributed by atoms with Gasteiger partial charge in [-0.25, -0.2) is 4.79 Å². The average molecular weight is 400 g/mol. The summed E-state index contributed by atoms with van der Waals surface area (Å²) in [6.45, 7) is 2.40. The number of benzene rings is 2. The molecular weight excluding hydrogens is 385 g/mol. The van der Waals surface area contributed by atoms with Gasteiger partial charge in [0, 0.05) is 38.5 Å². The van der Waals surface area contributed by atoms with Crippen LogP contribution in [0, 0.1) is 0 Å². The summed E-state index contributed by atoms with van der Waals surface area (Å²) < 4.78 is 6.25. The highest BCUT2D eigenvalue weighted by atomic mass is 35.5. The molecule has 0 aliphatic carbocycles. The van der Waals surface area contributed by atoms with Gasteiger partial charge in [0.25, 0.3) is 0 Å². The standard InChI is InChI=1S/C20H15Cl2N3O2/c1-2-27-20(26)25-11-12-10-23-19(15-5-3-4-6-17(15)22)16-9-13(21)7-8-14(16)18(12)24-25/h3-9,11H,2,10H2,1H3. The number of halogens is 2. The first-order valence-electron chi connectivity index (χ1n) is 8.43. The summed E-state index contributed by atoms with van der Waals surface area (Å²) in [5.41, 5.74) is 4.75. The first kappa shape index (κ1) is 17.8. The van der Waals surface area contributed by atoms with Crippen molar-refractivity contribution in [3.63, 3.8) is 0 Å². The third-order valence-corrected chi connectivity index (χ3v) is 4.84. The Morgan fingerprint density at radius 3 is 2.74 bits per heavy atom. The second-order valence-electron chi connectivity index (χ2n) is 5.98. The number of hydrogen-bond acceptors (Lipinski definition) is 4. The molecule has 0 N–H and O–H groups in total. The van der Waals surface area contributed by atoms with Gasteiger partial charge in [0.1, 0.15) is 0 Å². The van der Waals surface area contributed by atoms with E-state index < -0.39 is 6.09 Å². The van der Waals surface area contributed by atoms with Gasteiger partial charge >= 0.3 is 6.09 Å². The summed E-state index contributed by atoms with van der Waals surface area (Å²) in [6, 6.07) is 13.1. The Morgan fingerprint density at radius 1 is 1.15 bits per heavy atom. The van der Waals surface area contributed by atoms with Crippen LogP contribution in [0.1, 0.15) is 23.6 Å². The van der Waals surface area contributed by atoms with Crippen LogP contribution in [-0.2, 0) is 11.3 Å². The molecule has 1 aliphatic rings. The fourth-order valence-electron chi connectivity index (χ4n) is 3.09. The topological polar surface area (TPSA) is 56.5 Å². The second-order valence-corrected chi connectivity index (χ2v) is 6.82. The maximum atomic E-state index is 12.0. The Labute approximate surface area is 166 Å². The van der Waals surface area contributed by atoms with E-state index in [9.17, 15) is 4.79 Å². The van der Waals surface area contributed by atoms with Crippen LogP contribution < -0.4 is 0 Å². The Hall–Kier alpha value is -2.63. The normalized spacial score (nSPS) is 12.6. The van der Waals surface area contributed by atoms with E-state index in [0.29, 0.717) is 22.3 Å². The maximum absolute atomic E-state index is 12.0. The van der Waals surface area contributed by atoms with Gasteiger partial charge in [-0.1, -0.05) is 47.5 Å². The van der Waals surface area contributed by atoms with E-state index in [1.165, 1.54) is 4.68 Å². The molecule has 27 heavy (non-hydrogen) atoms. The summed E-state index contributed by atoms with van der Waals surface area (Å²) in [5, 5.41) is 5.64. The number of carbonyl (C=O) groups is 1. The zero-order valence-corrected chi connectivity index (χ0v) is 16.0. The van der Waals surface area contributed by atoms with Gasteiger partial charge < -0.3 is 4.74 Å². The van der Waals surface area contributed by atoms with Crippen molar-refractivity contribution < 1.29 is 9.53 Å². The molecule has 0 bridgehead atoms. The molecule has 0 saturated carbocycles. The van der Waals surface area contributed by atoms with Gasteiger partial charge in [-0.2, -0.15) is 9.78 Å². The lowest BCUT2D eigenvalue weighted by Crippen LogP contribution is -2.14. The van der Waals surface area contributed by atoms with E-state index in [2.05, 4.69) is 5.10 Å². The van der Waals surface area contributed by atoms with Gasteiger partial charge in [-0.05, 0) is 25.1 Å². The maximum Gasteiger partial charge on any atom is 0.434 e. The van der Waals surface area contributed by atoms with Gasteiger partial charge in [-0.15, -0.1) is 0 Å². The molecular formula is C20H15Cl2N3O2. The molecule has 0 atom stereocenters. The largest absolute Gasteiger partial charge is 0.448 e. The van der Waals surface area contributed by atoms with E-state index in [0.717, 1.165) is 28.0 Å². The predicted molar refractivity (Wildman–Crippen MR) is 106 cm³/mol. The molecule has 0 fully saturated rings. The Morgan fingerprint density at radius 2 is 1.96 bits per heavy atom. The van der Waals surface area contributed by atoms with E-state index in [1.807, 2.05) is 36.4 Å². The van der Waals surface area contributed by atoms with Gasteiger partial charge in [0.15, 0.2) is 0 Å². The Balaban J connectivity index is 1.90. The number of carbonyl (C=O) groups excluding carboxylic acids is 1. The molecule has 4 rings (SSSR count). The van der Waals surface area contributed by atoms with Crippen molar-refractivity contribution >= 4 is 35.0 Å². The molecule has 0 spiro atoms. The Kier molecular flexibility index (Phi) is 4.72. The van der Waals surface area contributed by atoms with Crippen molar-refractivity contribution in [2.45, 2.75) is 13.5 Å². The highest BCUT2D eigenvalue weighted by Crippen LogP contribution is 2.34. The second kappa shape index (κ2) is 7.18. The summed E-state index contributed by atoms with van der Waals surface area (Å²) >= 11 is 12.7. The molecule has 3 aromatic rings. The van der Waals surface area contributed by atoms with Crippen LogP contribution in [0.15, 0.2) is 53.7 Å². The number of rotatable bonds is 2. The number of fused-ring (bicyclic) bond motifs is 3. The van der Waals surface area contributed by atoms with Crippen molar-refractivity contribution in [2.75, 3.05) is 6.61 Å². The van der Waals surface area contributed by atoms with Crippen molar-refractivity contribution in [3.05, 3.63) is 75.4 Å². The minimum Gasteiger partial charge on any atom is -0.448 e. The molecule has 1 aromatic heterocycles. The fraction of sp³-hybridized carbons (Fsp3) is 0.150. The molecule has 2 heterocycles. The third-order valence-electron chi connectivity index (χ3n) is 4.27. The monoisotopic (exact) mass is 399 g/mol. The van der Waals surface area contributed by atoms with Crippen molar-refractivity contribution in [1.29, 1.82) is 0 Å². The summed E-state index contributed by atoms with van der Waals surface area (Å²) in [5.74, 6) is 0. The van der Waals surface area contributed by atoms with Gasteiger partial charge in [0.2, 0.25) is 0 Å². The van der Waals surface area contributed by atoms with Crippen molar-refractivity contribution in [2.24, 2.45) is 4.99 Å². The number of aliphatic imine (C=N–C) groups is 1. The minimum atomic E-state index is -0.517. The van der Waals surface area contributed by atoms with Crippen molar-refractivity contribution in [3.8, 4) is 11.3 Å². The highest BCUT2D eigenvalue weighted by Gasteiger charge is 2.24. The molecule has 0 amide bonds. The molecule has 0 saturated heterocycles. The molecule has 136 valence electrons. The quantitative estimate of drug-likeness (QED) is 0.593. The lowest BCUT2D eigenvalue weighted by atomic mass is 9.95. The summed E-state index contributed by atoms with van der Waals surface area (Å²) in [4.78, 5) is 16.8. The molecule has 1 aliphatic heterocycles. The smallest absolute Gasteiger partial charge is 0.434 e. The van der Waals surface area contributed by atoms with E-state index in [4.69, 9.17) is 32.9 Å². The summed E-state index contributed by atoms with van der Waals surface area (Å²) in [7, 11) is 0.